The number of rotatable bonds is 4. The van der Waals surface area contributed by atoms with E-state index in [2.05, 4.69) is 27.2 Å². The number of amides is 1. The first-order chi connectivity index (χ1) is 12.2. The molecule has 0 aromatic heterocycles. The van der Waals surface area contributed by atoms with Crippen molar-refractivity contribution in [1.29, 1.82) is 0 Å². The molecule has 2 aromatic rings. The number of nitrogens with one attached hydrogen (secondary N) is 1. The zero-order valence-electron chi connectivity index (χ0n) is 13.5. The molecule has 2 aromatic carbocycles. The highest BCUT2D eigenvalue weighted by Crippen LogP contribution is 2.43. The topological polar surface area (TPSA) is 41.6 Å². The normalized spacial score (nSPS) is 19.0. The Balaban J connectivity index is 1.80. The monoisotopic (exact) mass is 396 g/mol. The van der Waals surface area contributed by atoms with Gasteiger partial charge in [-0.25, -0.2) is 0 Å². The van der Waals surface area contributed by atoms with E-state index < -0.39 is 0 Å². The Kier molecular flexibility index (Phi) is 4.14. The third kappa shape index (κ3) is 2.98. The largest absolute Gasteiger partial charge is 0.481 e. The van der Waals surface area contributed by atoms with E-state index in [0.29, 0.717) is 11.3 Å². The molecule has 1 N–H and O–H groups in total. The van der Waals surface area contributed by atoms with Gasteiger partial charge in [0.05, 0.1) is 5.56 Å². The van der Waals surface area contributed by atoms with Gasteiger partial charge in [0, 0.05) is 21.8 Å². The highest BCUT2D eigenvalue weighted by atomic mass is 79.9. The number of ether oxygens (including phenoxy) is 1. The van der Waals surface area contributed by atoms with Gasteiger partial charge in [-0.3, -0.25) is 4.79 Å². The summed E-state index contributed by atoms with van der Waals surface area (Å²) in [6.45, 7) is 0.190. The number of halogens is 1. The Hall–Kier alpha value is -2.45. The number of hydrogen-bond donors (Lipinski definition) is 1. The van der Waals surface area contributed by atoms with Crippen LogP contribution in [0.3, 0.4) is 0 Å². The van der Waals surface area contributed by atoms with Gasteiger partial charge in [-0.15, -0.1) is 6.42 Å². The van der Waals surface area contributed by atoms with Crippen LogP contribution in [0, 0.1) is 12.3 Å². The van der Waals surface area contributed by atoms with Crippen LogP contribution in [0.1, 0.15) is 34.9 Å². The highest BCUT2D eigenvalue weighted by molar-refractivity contribution is 9.10. The van der Waals surface area contributed by atoms with Crippen LogP contribution in [0.15, 0.2) is 46.9 Å². The van der Waals surface area contributed by atoms with Gasteiger partial charge in [-0.05, 0) is 43.2 Å². The van der Waals surface area contributed by atoms with Crippen molar-refractivity contribution in [2.24, 2.45) is 0 Å². The SMILES string of the molecule is C#CCOc1ccc(Br)cc1[C@@H]1Nc2ccccc2C(=O)N1C1CC1. The van der Waals surface area contributed by atoms with Crippen LogP contribution in [0.2, 0.25) is 0 Å². The number of carbonyl (C=O) groups is 1. The molecule has 1 aliphatic heterocycles. The summed E-state index contributed by atoms with van der Waals surface area (Å²) in [5, 5.41) is 3.51. The molecule has 126 valence electrons. The van der Waals surface area contributed by atoms with E-state index in [1.807, 2.05) is 47.4 Å². The van der Waals surface area contributed by atoms with E-state index in [1.54, 1.807) is 0 Å². The molecule has 25 heavy (non-hydrogen) atoms. The Morgan fingerprint density at radius 1 is 1.28 bits per heavy atom. The first-order valence-corrected chi connectivity index (χ1v) is 9.02. The third-order valence-electron chi connectivity index (χ3n) is 4.48. The summed E-state index contributed by atoms with van der Waals surface area (Å²) in [6.07, 6.45) is 7.12. The number of benzene rings is 2. The van der Waals surface area contributed by atoms with Gasteiger partial charge in [-0.2, -0.15) is 0 Å². The first-order valence-electron chi connectivity index (χ1n) is 8.23. The van der Waals surface area contributed by atoms with Crippen LogP contribution < -0.4 is 10.1 Å². The smallest absolute Gasteiger partial charge is 0.258 e. The molecule has 1 atom stereocenters. The lowest BCUT2D eigenvalue weighted by molar-refractivity contribution is 0.0664. The molecule has 1 amide bonds. The van der Waals surface area contributed by atoms with Crippen LogP contribution in [-0.4, -0.2) is 23.5 Å². The predicted octanol–water partition coefficient (Wildman–Crippen LogP) is 4.19. The summed E-state index contributed by atoms with van der Waals surface area (Å²) in [7, 11) is 0. The van der Waals surface area contributed by atoms with Crippen molar-refractivity contribution in [3.63, 3.8) is 0 Å². The molecule has 0 saturated heterocycles. The molecule has 1 saturated carbocycles. The van der Waals surface area contributed by atoms with Gasteiger partial charge in [0.25, 0.3) is 5.91 Å². The predicted molar refractivity (Wildman–Crippen MR) is 100 cm³/mol. The summed E-state index contributed by atoms with van der Waals surface area (Å²) in [5.41, 5.74) is 2.46. The average molecular weight is 397 g/mol. The average Bonchev–Trinajstić information content (AvgIpc) is 3.45. The van der Waals surface area contributed by atoms with E-state index in [-0.39, 0.29) is 24.7 Å². The van der Waals surface area contributed by atoms with Crippen molar-refractivity contribution in [2.75, 3.05) is 11.9 Å². The fourth-order valence-electron chi connectivity index (χ4n) is 3.21. The zero-order valence-corrected chi connectivity index (χ0v) is 15.1. The molecule has 0 unspecified atom stereocenters. The summed E-state index contributed by atoms with van der Waals surface area (Å²) in [4.78, 5) is 15.0. The molecular weight excluding hydrogens is 380 g/mol. The number of hydrogen-bond acceptors (Lipinski definition) is 3. The Labute approximate surface area is 155 Å². The molecule has 1 aliphatic carbocycles. The van der Waals surface area contributed by atoms with E-state index in [9.17, 15) is 4.79 Å². The summed E-state index contributed by atoms with van der Waals surface area (Å²) < 4.78 is 6.66. The molecule has 1 fully saturated rings. The van der Waals surface area contributed by atoms with Crippen LogP contribution in [-0.2, 0) is 0 Å². The van der Waals surface area contributed by atoms with Gasteiger partial charge in [0.15, 0.2) is 0 Å². The van der Waals surface area contributed by atoms with Gasteiger partial charge in [0.1, 0.15) is 18.5 Å². The molecule has 5 heteroatoms. The number of fused-ring (bicyclic) bond motifs is 1. The lowest BCUT2D eigenvalue weighted by Gasteiger charge is -2.39. The van der Waals surface area contributed by atoms with E-state index in [1.165, 1.54) is 0 Å². The van der Waals surface area contributed by atoms with Crippen molar-refractivity contribution in [1.82, 2.24) is 4.90 Å². The Bertz CT molecular complexity index is 870. The minimum atomic E-state index is -0.278. The molecule has 4 nitrogen and oxygen atoms in total. The standard InChI is InChI=1S/C20H17BrN2O2/c1-2-11-25-18-10-7-13(21)12-16(18)19-22-17-6-4-3-5-15(17)20(24)23(19)14-8-9-14/h1,3-7,10,12,14,19,22H,8-9,11H2/t19-/m1/s1. The first kappa shape index (κ1) is 16.0. The summed E-state index contributed by atoms with van der Waals surface area (Å²) >= 11 is 3.52. The van der Waals surface area contributed by atoms with Gasteiger partial charge in [-0.1, -0.05) is 34.0 Å². The molecule has 0 radical (unpaired) electrons. The van der Waals surface area contributed by atoms with Crippen molar-refractivity contribution < 1.29 is 9.53 Å². The number of anilines is 1. The highest BCUT2D eigenvalue weighted by Gasteiger charge is 2.42. The van der Waals surface area contributed by atoms with Gasteiger partial charge < -0.3 is 15.0 Å². The van der Waals surface area contributed by atoms with Crippen molar-refractivity contribution in [3.05, 3.63) is 58.1 Å². The molecule has 1 heterocycles. The minimum absolute atomic E-state index is 0.0599. The fraction of sp³-hybridized carbons (Fsp3) is 0.250. The second kappa shape index (κ2) is 6.45. The maximum atomic E-state index is 13.1. The third-order valence-corrected chi connectivity index (χ3v) is 4.97. The van der Waals surface area contributed by atoms with Crippen LogP contribution in [0.25, 0.3) is 0 Å². The minimum Gasteiger partial charge on any atom is -0.481 e. The van der Waals surface area contributed by atoms with Crippen molar-refractivity contribution >= 4 is 27.5 Å². The lowest BCUT2D eigenvalue weighted by atomic mass is 10.0. The van der Waals surface area contributed by atoms with Gasteiger partial charge in [0.2, 0.25) is 0 Å². The van der Waals surface area contributed by atoms with Gasteiger partial charge >= 0.3 is 0 Å². The number of nitrogens with zero attached hydrogens (tertiary/aromatic N) is 1. The van der Waals surface area contributed by atoms with E-state index in [0.717, 1.165) is 28.6 Å². The molecular formula is C20H17BrN2O2. The fourth-order valence-corrected chi connectivity index (χ4v) is 3.59. The quantitative estimate of drug-likeness (QED) is 0.787. The zero-order chi connectivity index (χ0) is 17.4. The Morgan fingerprint density at radius 3 is 2.84 bits per heavy atom. The molecule has 2 aliphatic rings. The van der Waals surface area contributed by atoms with Crippen molar-refractivity contribution in [2.45, 2.75) is 25.0 Å². The van der Waals surface area contributed by atoms with E-state index >= 15 is 0 Å². The summed E-state index contributed by atoms with van der Waals surface area (Å²) in [6, 6.07) is 13.7. The molecule has 0 spiro atoms. The number of para-hydroxylation sites is 1. The van der Waals surface area contributed by atoms with E-state index in [4.69, 9.17) is 11.2 Å². The van der Waals surface area contributed by atoms with Crippen LogP contribution >= 0.6 is 15.9 Å². The molecule has 0 bridgehead atoms. The summed E-state index contributed by atoms with van der Waals surface area (Å²) in [5.74, 6) is 3.25. The number of terminal acetylenes is 1. The maximum Gasteiger partial charge on any atom is 0.258 e. The second-order valence-electron chi connectivity index (χ2n) is 6.21. The maximum absolute atomic E-state index is 13.1. The van der Waals surface area contributed by atoms with Crippen LogP contribution in [0.4, 0.5) is 5.69 Å². The number of carbonyl (C=O) groups excluding carboxylic acids is 1. The second-order valence-corrected chi connectivity index (χ2v) is 7.13. The van der Waals surface area contributed by atoms with Crippen molar-refractivity contribution in [3.8, 4) is 18.1 Å². The lowest BCUT2D eigenvalue weighted by Crippen LogP contribution is -2.44. The Morgan fingerprint density at radius 2 is 2.08 bits per heavy atom. The molecule has 4 rings (SSSR count). The van der Waals surface area contributed by atoms with Crippen LogP contribution in [0.5, 0.6) is 5.75 Å².